The largest absolute Gasteiger partial charge is 0.394 e. The number of rotatable bonds is 2. The van der Waals surface area contributed by atoms with Crippen LogP contribution in [0.5, 0.6) is 0 Å². The van der Waals surface area contributed by atoms with E-state index in [9.17, 15) is 9.59 Å². The number of hydrogen-bond donors (Lipinski definition) is 3. The molecular weight excluding hydrogens is 296 g/mol. The molecule has 20 heavy (non-hydrogen) atoms. The van der Waals surface area contributed by atoms with Gasteiger partial charge in [0, 0.05) is 40.0 Å². The van der Waals surface area contributed by atoms with Crippen LogP contribution in [0, 0.1) is 0 Å². The summed E-state index contributed by atoms with van der Waals surface area (Å²) in [7, 11) is 0. The molecule has 0 saturated carbocycles. The van der Waals surface area contributed by atoms with Crippen molar-refractivity contribution in [1.82, 2.24) is 0 Å². The van der Waals surface area contributed by atoms with Gasteiger partial charge in [0.2, 0.25) is 0 Å². The average molecular weight is 328 g/mol. The third-order valence-electron chi connectivity index (χ3n) is 0.498. The summed E-state index contributed by atoms with van der Waals surface area (Å²) in [5.41, 5.74) is 0. The zero-order chi connectivity index (χ0) is 16.6. The predicted molar refractivity (Wildman–Crippen MR) is 78.0 cm³/mol. The van der Waals surface area contributed by atoms with Crippen LogP contribution in [0.3, 0.4) is 0 Å². The van der Waals surface area contributed by atoms with E-state index in [1.807, 2.05) is 0 Å². The second-order valence-electron chi connectivity index (χ2n) is 4.86. The fourth-order valence-electron chi connectivity index (χ4n) is 0.351. The van der Waals surface area contributed by atoms with Crippen LogP contribution in [-0.4, -0.2) is 45.2 Å². The van der Waals surface area contributed by atoms with E-state index in [0.29, 0.717) is 0 Å². The minimum Gasteiger partial charge on any atom is -0.394 e. The molecule has 3 N–H and O–H groups in total. The van der Waals surface area contributed by atoms with Gasteiger partial charge in [-0.25, -0.2) is 0 Å². The number of carbonyl (C=O) groups is 2. The van der Waals surface area contributed by atoms with Crippen molar-refractivity contribution in [1.29, 1.82) is 0 Å². The number of aliphatic hydroxyl groups is 3. The summed E-state index contributed by atoms with van der Waals surface area (Å²) in [6.45, 7) is 13.1. The first-order valence-electron chi connectivity index (χ1n) is 6.35. The van der Waals surface area contributed by atoms with Crippen LogP contribution in [0.1, 0.15) is 61.8 Å². The van der Waals surface area contributed by atoms with Gasteiger partial charge in [-0.2, -0.15) is 0 Å². The Labute approximate surface area is 138 Å². The molecule has 0 aliphatic rings. The van der Waals surface area contributed by atoms with E-state index < -0.39 is 0 Å². The maximum Gasteiger partial charge on any atom is 0.137 e. The summed E-state index contributed by atoms with van der Waals surface area (Å²) < 4.78 is 0. The van der Waals surface area contributed by atoms with Crippen molar-refractivity contribution in [3.63, 3.8) is 0 Å². The van der Waals surface area contributed by atoms with E-state index in [2.05, 4.69) is 0 Å². The first kappa shape index (κ1) is 32.0. The van der Waals surface area contributed by atoms with Crippen molar-refractivity contribution >= 4 is 11.6 Å². The van der Waals surface area contributed by atoms with Gasteiger partial charge in [-0.15, -0.1) is 0 Å². The molecule has 0 saturated heterocycles. The van der Waals surface area contributed by atoms with Crippen LogP contribution in [0.25, 0.3) is 0 Å². The number of hydrogen-bond acceptors (Lipinski definition) is 5. The van der Waals surface area contributed by atoms with E-state index in [-0.39, 0.29) is 58.0 Å². The molecule has 0 atom stereocenters. The molecule has 0 rings (SSSR count). The van der Waals surface area contributed by atoms with E-state index >= 15 is 0 Å². The third kappa shape index (κ3) is 332. The van der Waals surface area contributed by atoms with E-state index in [0.717, 1.165) is 0 Å². The van der Waals surface area contributed by atoms with Crippen molar-refractivity contribution in [2.75, 3.05) is 0 Å². The van der Waals surface area contributed by atoms with Gasteiger partial charge >= 0.3 is 0 Å². The minimum absolute atomic E-state index is 0. The Balaban J connectivity index is -0.0000000512. The maximum absolute atomic E-state index is 10.0. The van der Waals surface area contributed by atoms with E-state index in [4.69, 9.17) is 15.3 Å². The van der Waals surface area contributed by atoms with Crippen LogP contribution < -0.4 is 0 Å². The van der Waals surface area contributed by atoms with Crippen LogP contribution in [0.15, 0.2) is 0 Å². The minimum atomic E-state index is -0.167. The maximum atomic E-state index is 10.0. The van der Waals surface area contributed by atoms with Crippen molar-refractivity contribution in [2.24, 2.45) is 0 Å². The Kier molecular flexibility index (Phi) is 38.4. The standard InChI is InChI=1S/C5H8O2.3C3H8O.Ti/c1-4(6)3-5(2)7;3*1-3(2)4;/h3H2,1-2H3;3*3-4H,1-2H3;. The average Bonchev–Trinajstić information content (AvgIpc) is 1.95. The van der Waals surface area contributed by atoms with Crippen molar-refractivity contribution in [2.45, 2.75) is 80.1 Å². The SMILES string of the molecule is CC(=O)CC(C)=O.CC(C)O.CC(C)O.CC(C)O.[Ti]. The van der Waals surface area contributed by atoms with E-state index in [1.165, 1.54) is 13.8 Å². The van der Waals surface area contributed by atoms with Crippen molar-refractivity contribution in [3.8, 4) is 0 Å². The molecule has 122 valence electrons. The predicted octanol–water partition coefficient (Wildman–Crippen LogP) is 1.71. The Morgan fingerprint density at radius 1 is 0.700 bits per heavy atom. The molecule has 0 aromatic heterocycles. The quantitative estimate of drug-likeness (QED) is 0.530. The molecular formula is C14H32O5Ti. The molecule has 0 unspecified atom stereocenters. The second-order valence-corrected chi connectivity index (χ2v) is 4.86. The summed E-state index contributed by atoms with van der Waals surface area (Å²) in [5.74, 6) is -0.125. The molecule has 0 amide bonds. The van der Waals surface area contributed by atoms with Gasteiger partial charge in [0.1, 0.15) is 11.6 Å². The number of Topliss-reactive ketones (excluding diaryl/α,β-unsaturated/α-hetero) is 2. The monoisotopic (exact) mass is 328 g/mol. The fraction of sp³-hybridized carbons (Fsp3) is 0.857. The van der Waals surface area contributed by atoms with Gasteiger partial charge in [0.05, 0.1) is 6.42 Å². The molecule has 0 radical (unpaired) electrons. The molecule has 0 bridgehead atoms. The van der Waals surface area contributed by atoms with Crippen molar-refractivity contribution in [3.05, 3.63) is 0 Å². The Hall–Kier alpha value is -0.0657. The smallest absolute Gasteiger partial charge is 0.137 e. The van der Waals surface area contributed by atoms with Gasteiger partial charge in [-0.1, -0.05) is 0 Å². The molecule has 0 heterocycles. The van der Waals surface area contributed by atoms with Gasteiger partial charge in [-0.05, 0) is 55.4 Å². The van der Waals surface area contributed by atoms with Crippen LogP contribution in [0.2, 0.25) is 0 Å². The van der Waals surface area contributed by atoms with Crippen molar-refractivity contribution < 1.29 is 46.6 Å². The molecule has 0 aliphatic heterocycles. The number of aliphatic hydroxyl groups excluding tert-OH is 3. The summed E-state index contributed by atoms with van der Waals surface area (Å²) in [6.07, 6.45) is -0.417. The van der Waals surface area contributed by atoms with E-state index in [1.54, 1.807) is 41.5 Å². The molecule has 0 aliphatic carbocycles. The molecule has 5 nitrogen and oxygen atoms in total. The van der Waals surface area contributed by atoms with Crippen LogP contribution >= 0.6 is 0 Å². The van der Waals surface area contributed by atoms with Crippen LogP contribution in [-0.2, 0) is 31.3 Å². The molecule has 6 heteroatoms. The topological polar surface area (TPSA) is 94.8 Å². The first-order valence-corrected chi connectivity index (χ1v) is 6.35. The number of carbonyl (C=O) groups excluding carboxylic acids is 2. The fourth-order valence-corrected chi connectivity index (χ4v) is 0.351. The van der Waals surface area contributed by atoms with Gasteiger partial charge in [0.25, 0.3) is 0 Å². The summed E-state index contributed by atoms with van der Waals surface area (Å²) in [4.78, 5) is 20.1. The second kappa shape index (κ2) is 24.0. The molecule has 0 spiro atoms. The Morgan fingerprint density at radius 3 is 0.800 bits per heavy atom. The molecule has 0 aromatic rings. The summed E-state index contributed by atoms with van der Waals surface area (Å²) in [5, 5.41) is 24.2. The van der Waals surface area contributed by atoms with Crippen LogP contribution in [0.4, 0.5) is 0 Å². The summed E-state index contributed by atoms with van der Waals surface area (Å²) in [6, 6.07) is 0. The van der Waals surface area contributed by atoms with Gasteiger partial charge in [0.15, 0.2) is 0 Å². The molecule has 0 aromatic carbocycles. The zero-order valence-corrected chi connectivity index (χ0v) is 15.7. The number of ketones is 2. The Morgan fingerprint density at radius 2 is 0.800 bits per heavy atom. The normalized spacial score (nSPS) is 8.30. The first-order chi connectivity index (χ1) is 8.32. The zero-order valence-electron chi connectivity index (χ0n) is 14.1. The summed E-state index contributed by atoms with van der Waals surface area (Å²) >= 11 is 0. The molecule has 0 fully saturated rings. The van der Waals surface area contributed by atoms with Gasteiger partial charge < -0.3 is 15.3 Å². The third-order valence-corrected chi connectivity index (χ3v) is 0.498. The van der Waals surface area contributed by atoms with Gasteiger partial charge in [-0.3, -0.25) is 9.59 Å². The Bertz CT molecular complexity index is 169.